The molecule has 5 rings (SSSR count). The molecule has 2 heterocycles. The van der Waals surface area contributed by atoms with E-state index in [1.807, 2.05) is 59.6 Å². The first-order chi connectivity index (χ1) is 14.9. The minimum absolute atomic E-state index is 0.00219. The van der Waals surface area contributed by atoms with Gasteiger partial charge in [-0.3, -0.25) is 4.79 Å². The highest BCUT2D eigenvalue weighted by Gasteiger charge is 2.39. The van der Waals surface area contributed by atoms with Gasteiger partial charge in [0.1, 0.15) is 0 Å². The van der Waals surface area contributed by atoms with E-state index in [0.717, 1.165) is 22.4 Å². The number of rotatable bonds is 2. The molecule has 3 aromatic carbocycles. The molecule has 3 nitrogen and oxygen atoms in total. The normalized spacial score (nSPS) is 18.7. The largest absolute Gasteiger partial charge is 0.348 e. The average molecular weight is 407 g/mol. The van der Waals surface area contributed by atoms with Crippen LogP contribution in [0.25, 0.3) is 6.08 Å². The molecule has 0 aliphatic carbocycles. The van der Waals surface area contributed by atoms with Gasteiger partial charge in [0.25, 0.3) is 5.91 Å². The van der Waals surface area contributed by atoms with Crippen LogP contribution in [-0.4, -0.2) is 17.9 Å². The van der Waals surface area contributed by atoms with Crippen LogP contribution < -0.4 is 4.90 Å². The molecule has 0 aromatic heterocycles. The maximum Gasteiger partial charge on any atom is 0.258 e. The topological polar surface area (TPSA) is 23.6 Å². The number of amides is 1. The van der Waals surface area contributed by atoms with E-state index in [1.165, 1.54) is 11.3 Å². The second-order valence-electron chi connectivity index (χ2n) is 8.83. The van der Waals surface area contributed by atoms with E-state index in [1.54, 1.807) is 0 Å². The molecule has 0 spiro atoms. The summed E-state index contributed by atoms with van der Waals surface area (Å²) in [5, 5.41) is 0. The smallest absolute Gasteiger partial charge is 0.258 e. The van der Waals surface area contributed by atoms with Crippen LogP contribution in [0.4, 0.5) is 5.69 Å². The van der Waals surface area contributed by atoms with Crippen LogP contribution in [0.1, 0.15) is 52.5 Å². The Morgan fingerprint density at radius 3 is 2.45 bits per heavy atom. The summed E-state index contributed by atoms with van der Waals surface area (Å²) < 4.78 is 0. The summed E-state index contributed by atoms with van der Waals surface area (Å²) in [6, 6.07) is 24.2. The molecule has 0 saturated carbocycles. The van der Waals surface area contributed by atoms with Crippen LogP contribution >= 0.6 is 0 Å². The molecule has 154 valence electrons. The van der Waals surface area contributed by atoms with Crippen LogP contribution in [0.5, 0.6) is 0 Å². The van der Waals surface area contributed by atoms with Crippen LogP contribution in [0.3, 0.4) is 0 Å². The number of nitrogens with zero attached hydrogens (tertiary/aromatic N) is 2. The Labute approximate surface area is 183 Å². The van der Waals surface area contributed by atoms with Crippen molar-refractivity contribution in [3.63, 3.8) is 0 Å². The van der Waals surface area contributed by atoms with Crippen LogP contribution in [-0.2, 0) is 5.41 Å². The predicted octanol–water partition coefficient (Wildman–Crippen LogP) is 6.14. The number of carbonyl (C=O) groups excluding carboxylic acids is 1. The molecule has 0 N–H and O–H groups in total. The lowest BCUT2D eigenvalue weighted by Crippen LogP contribution is -2.33. The zero-order chi connectivity index (χ0) is 21.8. The number of benzene rings is 3. The molecule has 0 fully saturated rings. The Kier molecular flexibility index (Phi) is 4.37. The summed E-state index contributed by atoms with van der Waals surface area (Å²) in [7, 11) is 2.07. The number of hydrogen-bond acceptors (Lipinski definition) is 2. The molecule has 31 heavy (non-hydrogen) atoms. The Hall–Kier alpha value is -3.59. The lowest BCUT2D eigenvalue weighted by Gasteiger charge is -2.34. The molecular weight excluding hydrogens is 380 g/mol. The fourth-order valence-corrected chi connectivity index (χ4v) is 4.80. The molecule has 0 radical (unpaired) electrons. The molecule has 2 aliphatic heterocycles. The quantitative estimate of drug-likeness (QED) is 0.510. The number of likely N-dealkylation sites (N-methyl/N-ethyl adjacent to an activating group) is 1. The van der Waals surface area contributed by atoms with E-state index >= 15 is 0 Å². The fraction of sp³-hybridized carbons (Fsp3) is 0.179. The van der Waals surface area contributed by atoms with Crippen molar-refractivity contribution in [3.05, 3.63) is 119 Å². The number of carbonyl (C=O) groups is 1. The van der Waals surface area contributed by atoms with Crippen molar-refractivity contribution in [2.45, 2.75) is 25.3 Å². The number of allylic oxidation sites excluding steroid dienone is 1. The van der Waals surface area contributed by atoms with Crippen molar-refractivity contribution in [3.8, 4) is 0 Å². The zero-order valence-corrected chi connectivity index (χ0v) is 18.2. The standard InChI is InChI=1S/C28H26N2O/c1-19-28(2,3)24-18-22(14-15-25(24)29(19)4)26-23-13-9-8-10-20(23)16-17-30(26)27(31)21-11-6-5-7-12-21/h5-18,26H,1H2,2-4H3/t26-/m1/s1. The van der Waals surface area contributed by atoms with Crippen molar-refractivity contribution < 1.29 is 4.79 Å². The molecule has 0 saturated heterocycles. The highest BCUT2D eigenvalue weighted by atomic mass is 16.2. The minimum Gasteiger partial charge on any atom is -0.348 e. The van der Waals surface area contributed by atoms with E-state index in [0.29, 0.717) is 5.56 Å². The highest BCUT2D eigenvalue weighted by molar-refractivity contribution is 5.96. The summed E-state index contributed by atoms with van der Waals surface area (Å²) in [6.45, 7) is 8.74. The number of fused-ring (bicyclic) bond motifs is 2. The van der Waals surface area contributed by atoms with Crippen molar-refractivity contribution >= 4 is 17.7 Å². The third kappa shape index (κ3) is 2.92. The van der Waals surface area contributed by atoms with Gasteiger partial charge >= 0.3 is 0 Å². The van der Waals surface area contributed by atoms with E-state index in [-0.39, 0.29) is 17.4 Å². The van der Waals surface area contributed by atoms with Gasteiger partial charge in [0.05, 0.1) is 6.04 Å². The lowest BCUT2D eigenvalue weighted by molar-refractivity contribution is 0.0787. The monoisotopic (exact) mass is 406 g/mol. The third-order valence-corrected chi connectivity index (χ3v) is 6.74. The van der Waals surface area contributed by atoms with E-state index in [4.69, 9.17) is 0 Å². The van der Waals surface area contributed by atoms with Crippen LogP contribution in [0, 0.1) is 0 Å². The molecular formula is C28H26N2O. The van der Waals surface area contributed by atoms with Gasteiger partial charge in [0, 0.05) is 35.6 Å². The molecule has 0 unspecified atom stereocenters. The Balaban J connectivity index is 1.66. The first-order valence-corrected chi connectivity index (χ1v) is 10.6. The Bertz CT molecular complexity index is 1220. The summed E-state index contributed by atoms with van der Waals surface area (Å²) in [5.74, 6) is -0.00219. The minimum atomic E-state index is -0.186. The summed E-state index contributed by atoms with van der Waals surface area (Å²) in [5.41, 5.74) is 7.43. The highest BCUT2D eigenvalue weighted by Crippen LogP contribution is 2.48. The van der Waals surface area contributed by atoms with Crippen LogP contribution in [0.2, 0.25) is 0 Å². The summed E-state index contributed by atoms with van der Waals surface area (Å²) in [4.78, 5) is 17.5. The van der Waals surface area contributed by atoms with E-state index in [2.05, 4.69) is 62.7 Å². The fourth-order valence-electron chi connectivity index (χ4n) is 4.80. The van der Waals surface area contributed by atoms with Crippen molar-refractivity contribution in [1.82, 2.24) is 4.90 Å². The summed E-state index contributed by atoms with van der Waals surface area (Å²) in [6.07, 6.45) is 3.95. The van der Waals surface area contributed by atoms with Crippen LogP contribution in [0.15, 0.2) is 91.3 Å². The molecule has 3 aromatic rings. The second-order valence-corrected chi connectivity index (χ2v) is 8.83. The molecule has 0 bridgehead atoms. The molecule has 3 heteroatoms. The first kappa shape index (κ1) is 19.4. The number of anilines is 1. The van der Waals surface area contributed by atoms with E-state index < -0.39 is 0 Å². The maximum atomic E-state index is 13.5. The van der Waals surface area contributed by atoms with Gasteiger partial charge in [-0.15, -0.1) is 0 Å². The lowest BCUT2D eigenvalue weighted by atomic mass is 9.82. The maximum absolute atomic E-state index is 13.5. The van der Waals surface area contributed by atoms with Gasteiger partial charge < -0.3 is 9.80 Å². The zero-order valence-electron chi connectivity index (χ0n) is 18.2. The van der Waals surface area contributed by atoms with Gasteiger partial charge in [-0.2, -0.15) is 0 Å². The van der Waals surface area contributed by atoms with Gasteiger partial charge in [0.2, 0.25) is 0 Å². The Morgan fingerprint density at radius 2 is 1.68 bits per heavy atom. The number of hydrogen-bond donors (Lipinski definition) is 0. The van der Waals surface area contributed by atoms with Gasteiger partial charge in [-0.1, -0.05) is 75.0 Å². The molecule has 1 amide bonds. The van der Waals surface area contributed by atoms with Gasteiger partial charge in [-0.05, 0) is 46.5 Å². The van der Waals surface area contributed by atoms with Gasteiger partial charge in [0.15, 0.2) is 0 Å². The SMILES string of the molecule is C=C1N(C)c2ccc([C@@H]3c4ccccc4C=CN3C(=O)c3ccccc3)cc2C1(C)C. The second kappa shape index (κ2) is 6.98. The molecule has 1 atom stereocenters. The van der Waals surface area contributed by atoms with Crippen molar-refractivity contribution in [2.75, 3.05) is 11.9 Å². The average Bonchev–Trinajstić information content (AvgIpc) is 2.98. The van der Waals surface area contributed by atoms with E-state index in [9.17, 15) is 4.79 Å². The van der Waals surface area contributed by atoms with Crippen molar-refractivity contribution in [1.29, 1.82) is 0 Å². The molecule has 2 aliphatic rings. The third-order valence-electron chi connectivity index (χ3n) is 6.74. The van der Waals surface area contributed by atoms with Gasteiger partial charge in [-0.25, -0.2) is 0 Å². The first-order valence-electron chi connectivity index (χ1n) is 10.6. The summed E-state index contributed by atoms with van der Waals surface area (Å²) >= 11 is 0. The van der Waals surface area contributed by atoms with Crippen molar-refractivity contribution in [2.24, 2.45) is 0 Å². The predicted molar refractivity (Wildman–Crippen MR) is 127 cm³/mol. The Morgan fingerprint density at radius 1 is 0.968 bits per heavy atom.